The number of methoxy groups -OCH3 is 1. The summed E-state index contributed by atoms with van der Waals surface area (Å²) in [6.45, 7) is 1.05. The molecule has 1 aliphatic rings. The predicted molar refractivity (Wildman–Crippen MR) is 108 cm³/mol. The topological polar surface area (TPSA) is 66.9 Å². The molecule has 0 bridgehead atoms. The van der Waals surface area contributed by atoms with Crippen LogP contribution < -0.4 is 14.2 Å². The second kappa shape index (κ2) is 8.20. The van der Waals surface area contributed by atoms with Crippen LogP contribution in [0.3, 0.4) is 0 Å². The second-order valence-corrected chi connectivity index (χ2v) is 7.70. The number of thiazole rings is 1. The maximum atomic E-state index is 12.4. The van der Waals surface area contributed by atoms with Gasteiger partial charge in [-0.15, -0.1) is 11.3 Å². The van der Waals surface area contributed by atoms with Gasteiger partial charge in [-0.25, -0.2) is 9.78 Å². The molecule has 28 heavy (non-hydrogen) atoms. The summed E-state index contributed by atoms with van der Waals surface area (Å²) < 4.78 is 22.7. The summed E-state index contributed by atoms with van der Waals surface area (Å²) in [6, 6.07) is 10.7. The Bertz CT molecular complexity index is 1020. The largest absolute Gasteiger partial charge is 0.496 e. The van der Waals surface area contributed by atoms with Crippen LogP contribution in [0.2, 0.25) is 0 Å². The Hall–Kier alpha value is -2.58. The number of carbonyl (C=O) groups excluding carboxylic acids is 1. The summed E-state index contributed by atoms with van der Waals surface area (Å²) in [7, 11) is 1.62. The fraction of sp³-hybridized carbons (Fsp3) is 0.200. The second-order valence-electron chi connectivity index (χ2n) is 5.92. The van der Waals surface area contributed by atoms with E-state index in [1.165, 1.54) is 11.3 Å². The lowest BCUT2D eigenvalue weighted by Gasteiger charge is -2.18. The van der Waals surface area contributed by atoms with Crippen LogP contribution in [0.25, 0.3) is 10.6 Å². The van der Waals surface area contributed by atoms with Crippen molar-refractivity contribution in [1.82, 2.24) is 4.98 Å². The molecule has 1 aromatic heterocycles. The molecule has 0 spiro atoms. The zero-order valence-corrected chi connectivity index (χ0v) is 17.3. The van der Waals surface area contributed by atoms with Crippen molar-refractivity contribution >= 4 is 33.2 Å². The number of fused-ring (bicyclic) bond motifs is 1. The molecule has 0 atom stereocenters. The lowest BCUT2D eigenvalue weighted by molar-refractivity contribution is 0.0467. The van der Waals surface area contributed by atoms with E-state index in [1.807, 2.05) is 23.6 Å². The lowest BCUT2D eigenvalue weighted by atomic mass is 10.2. The predicted octanol–water partition coefficient (Wildman–Crippen LogP) is 4.71. The Morgan fingerprint density at radius 3 is 2.82 bits per heavy atom. The molecule has 0 aliphatic carbocycles. The highest BCUT2D eigenvalue weighted by molar-refractivity contribution is 9.10. The fourth-order valence-electron chi connectivity index (χ4n) is 2.74. The van der Waals surface area contributed by atoms with Gasteiger partial charge < -0.3 is 18.9 Å². The van der Waals surface area contributed by atoms with Crippen LogP contribution in [-0.2, 0) is 11.3 Å². The van der Waals surface area contributed by atoms with Crippen LogP contribution in [0, 0.1) is 0 Å². The number of benzene rings is 2. The number of hydrogen-bond donors (Lipinski definition) is 0. The Morgan fingerprint density at radius 1 is 1.18 bits per heavy atom. The molecule has 0 saturated carbocycles. The summed E-state index contributed by atoms with van der Waals surface area (Å²) in [5.74, 6) is 1.48. The summed E-state index contributed by atoms with van der Waals surface area (Å²) in [4.78, 5) is 16.9. The van der Waals surface area contributed by atoms with Crippen LogP contribution in [0.5, 0.6) is 17.2 Å². The van der Waals surface area contributed by atoms with Gasteiger partial charge in [0.1, 0.15) is 30.6 Å². The van der Waals surface area contributed by atoms with Crippen molar-refractivity contribution in [1.29, 1.82) is 0 Å². The van der Waals surface area contributed by atoms with Gasteiger partial charge >= 0.3 is 5.97 Å². The van der Waals surface area contributed by atoms with E-state index in [-0.39, 0.29) is 6.61 Å². The number of rotatable bonds is 5. The number of esters is 1. The number of nitrogens with zero attached hydrogens (tertiary/aromatic N) is 1. The maximum Gasteiger partial charge on any atom is 0.338 e. The number of ether oxygens (including phenoxy) is 4. The van der Waals surface area contributed by atoms with E-state index in [4.69, 9.17) is 18.9 Å². The first-order valence-corrected chi connectivity index (χ1v) is 10.2. The van der Waals surface area contributed by atoms with Crippen molar-refractivity contribution in [2.45, 2.75) is 6.61 Å². The van der Waals surface area contributed by atoms with Crippen molar-refractivity contribution in [3.8, 4) is 27.8 Å². The number of carbonyl (C=O) groups is 1. The van der Waals surface area contributed by atoms with E-state index in [9.17, 15) is 4.79 Å². The van der Waals surface area contributed by atoms with Gasteiger partial charge in [0.25, 0.3) is 0 Å². The van der Waals surface area contributed by atoms with Crippen LogP contribution >= 0.6 is 27.3 Å². The highest BCUT2D eigenvalue weighted by Gasteiger charge is 2.17. The van der Waals surface area contributed by atoms with E-state index in [2.05, 4.69) is 20.9 Å². The first-order valence-electron chi connectivity index (χ1n) is 8.49. The smallest absolute Gasteiger partial charge is 0.338 e. The third-order valence-electron chi connectivity index (χ3n) is 4.07. The van der Waals surface area contributed by atoms with Gasteiger partial charge in [0.15, 0.2) is 11.5 Å². The maximum absolute atomic E-state index is 12.4. The Morgan fingerprint density at radius 2 is 2.00 bits per heavy atom. The molecule has 2 heterocycles. The average Bonchev–Trinajstić information content (AvgIpc) is 3.20. The minimum atomic E-state index is -0.438. The van der Waals surface area contributed by atoms with Gasteiger partial charge in [-0.05, 0) is 36.4 Å². The molecule has 0 amide bonds. The third kappa shape index (κ3) is 3.98. The number of halogens is 1. The van der Waals surface area contributed by atoms with Crippen LogP contribution in [0.1, 0.15) is 16.1 Å². The first kappa shape index (κ1) is 18.8. The standard InChI is InChI=1S/C20H16BrNO5S/c1-24-16-5-3-13(21)9-15(16)19-22-14(11-28-19)10-27-20(23)12-2-4-17-18(8-12)26-7-6-25-17/h2-5,8-9,11H,6-7,10H2,1H3. The van der Waals surface area contributed by atoms with Crippen molar-refractivity contribution < 1.29 is 23.7 Å². The highest BCUT2D eigenvalue weighted by Crippen LogP contribution is 2.35. The van der Waals surface area contributed by atoms with Gasteiger partial charge in [0.2, 0.25) is 0 Å². The Kier molecular flexibility index (Phi) is 5.50. The van der Waals surface area contributed by atoms with Crippen LogP contribution in [0.15, 0.2) is 46.3 Å². The molecule has 0 radical (unpaired) electrons. The van der Waals surface area contributed by atoms with Crippen LogP contribution in [-0.4, -0.2) is 31.3 Å². The summed E-state index contributed by atoms with van der Waals surface area (Å²) in [5.41, 5.74) is 1.97. The van der Waals surface area contributed by atoms with Crippen molar-refractivity contribution in [2.24, 2.45) is 0 Å². The summed E-state index contributed by atoms with van der Waals surface area (Å²) in [6.07, 6.45) is 0. The molecule has 4 rings (SSSR count). The third-order valence-corrected chi connectivity index (χ3v) is 5.49. The number of aromatic nitrogens is 1. The van der Waals surface area contributed by atoms with Crippen molar-refractivity contribution in [2.75, 3.05) is 20.3 Å². The summed E-state index contributed by atoms with van der Waals surface area (Å²) in [5, 5.41) is 2.66. The average molecular weight is 462 g/mol. The zero-order valence-electron chi connectivity index (χ0n) is 14.9. The minimum Gasteiger partial charge on any atom is -0.496 e. The molecule has 144 valence electrons. The van der Waals surface area contributed by atoms with Gasteiger partial charge in [0, 0.05) is 9.85 Å². The summed E-state index contributed by atoms with van der Waals surface area (Å²) >= 11 is 4.93. The lowest BCUT2D eigenvalue weighted by Crippen LogP contribution is -2.16. The van der Waals surface area contributed by atoms with E-state index >= 15 is 0 Å². The molecule has 0 unspecified atom stereocenters. The molecule has 3 aromatic rings. The van der Waals surface area contributed by atoms with E-state index in [0.717, 1.165) is 20.8 Å². The molecule has 0 saturated heterocycles. The molecular formula is C20H16BrNO5S. The Labute approximate surface area is 174 Å². The SMILES string of the molecule is COc1ccc(Br)cc1-c1nc(COC(=O)c2ccc3c(c2)OCCO3)cs1. The van der Waals surface area contributed by atoms with Crippen molar-refractivity contribution in [3.05, 3.63) is 57.5 Å². The Balaban J connectivity index is 1.45. The molecule has 1 aliphatic heterocycles. The fourth-order valence-corrected chi connectivity index (χ4v) is 3.92. The quantitative estimate of drug-likeness (QED) is 0.512. The highest BCUT2D eigenvalue weighted by atomic mass is 79.9. The van der Waals surface area contributed by atoms with Gasteiger partial charge in [0.05, 0.1) is 23.9 Å². The number of hydrogen-bond acceptors (Lipinski definition) is 7. The molecule has 6 nitrogen and oxygen atoms in total. The molecule has 0 N–H and O–H groups in total. The van der Waals surface area contributed by atoms with Gasteiger partial charge in [-0.2, -0.15) is 0 Å². The first-order chi connectivity index (χ1) is 13.6. The van der Waals surface area contributed by atoms with E-state index < -0.39 is 5.97 Å². The molecule has 2 aromatic carbocycles. The van der Waals surface area contributed by atoms with Gasteiger partial charge in [-0.1, -0.05) is 15.9 Å². The minimum absolute atomic E-state index is 0.0834. The zero-order chi connectivity index (χ0) is 19.5. The normalized spacial score (nSPS) is 12.5. The molecular weight excluding hydrogens is 446 g/mol. The van der Waals surface area contributed by atoms with E-state index in [0.29, 0.717) is 36.0 Å². The van der Waals surface area contributed by atoms with Crippen molar-refractivity contribution in [3.63, 3.8) is 0 Å². The van der Waals surface area contributed by atoms with Gasteiger partial charge in [-0.3, -0.25) is 0 Å². The molecule has 0 fully saturated rings. The molecule has 8 heteroatoms. The van der Waals surface area contributed by atoms with E-state index in [1.54, 1.807) is 25.3 Å². The monoisotopic (exact) mass is 461 g/mol. The van der Waals surface area contributed by atoms with Crippen LogP contribution in [0.4, 0.5) is 0 Å².